The maximum atomic E-state index is 4.29. The molecule has 2 aromatic heterocycles. The van der Waals surface area contributed by atoms with Gasteiger partial charge in [-0.1, -0.05) is 0 Å². The van der Waals surface area contributed by atoms with Crippen LogP contribution in [-0.2, 0) is 0 Å². The molecule has 0 aliphatic carbocycles. The van der Waals surface area contributed by atoms with Crippen LogP contribution in [-0.4, -0.2) is 9.97 Å². The molecule has 2 nitrogen and oxygen atoms in total. The minimum Gasteiger partial charge on any atom is -0.246 e. The van der Waals surface area contributed by atoms with E-state index in [-0.39, 0.29) is 0 Å². The van der Waals surface area contributed by atoms with Crippen LogP contribution in [0.1, 0.15) is 11.4 Å². The van der Waals surface area contributed by atoms with E-state index in [9.17, 15) is 0 Å². The highest BCUT2D eigenvalue weighted by atomic mass is 79.9. The number of hydrogen-bond acceptors (Lipinski definition) is 2. The first-order chi connectivity index (χ1) is 7.54. The zero-order chi connectivity index (χ0) is 11.7. The Morgan fingerprint density at radius 1 is 0.750 bits per heavy atom. The molecule has 0 radical (unpaired) electrons. The number of halogens is 2. The summed E-state index contributed by atoms with van der Waals surface area (Å²) in [6.07, 6.45) is 0. The van der Waals surface area contributed by atoms with Crippen molar-refractivity contribution in [1.29, 1.82) is 0 Å². The van der Waals surface area contributed by atoms with Gasteiger partial charge in [-0.25, -0.2) is 9.97 Å². The van der Waals surface area contributed by atoms with Crippen LogP contribution in [0.4, 0.5) is 0 Å². The van der Waals surface area contributed by atoms with Gasteiger partial charge in [0.25, 0.3) is 0 Å². The van der Waals surface area contributed by atoms with E-state index in [2.05, 4.69) is 54.0 Å². The molecular weight excluding hydrogens is 332 g/mol. The number of aryl methyl sites for hydroxylation is 2. The van der Waals surface area contributed by atoms with Crippen molar-refractivity contribution in [3.63, 3.8) is 0 Å². The SMILES string of the molecule is Cc1cc(-c2cc(C)nc(Br)c2)cc(Br)n1. The van der Waals surface area contributed by atoms with Crippen molar-refractivity contribution in [2.45, 2.75) is 13.8 Å². The second-order valence-electron chi connectivity index (χ2n) is 3.64. The van der Waals surface area contributed by atoms with E-state index in [0.29, 0.717) is 0 Å². The summed E-state index contributed by atoms with van der Waals surface area (Å²) in [5.74, 6) is 0. The van der Waals surface area contributed by atoms with Crippen LogP contribution in [0.3, 0.4) is 0 Å². The fourth-order valence-electron chi connectivity index (χ4n) is 1.59. The van der Waals surface area contributed by atoms with Gasteiger partial charge in [-0.15, -0.1) is 0 Å². The lowest BCUT2D eigenvalue weighted by molar-refractivity contribution is 1.15. The summed E-state index contributed by atoms with van der Waals surface area (Å²) in [5, 5.41) is 0. The highest BCUT2D eigenvalue weighted by Crippen LogP contribution is 2.25. The predicted molar refractivity (Wildman–Crippen MR) is 72.3 cm³/mol. The maximum Gasteiger partial charge on any atom is 0.106 e. The first-order valence-corrected chi connectivity index (χ1v) is 6.42. The zero-order valence-electron chi connectivity index (χ0n) is 8.96. The summed E-state index contributed by atoms with van der Waals surface area (Å²) in [4.78, 5) is 8.59. The minimum absolute atomic E-state index is 0.855. The summed E-state index contributed by atoms with van der Waals surface area (Å²) in [6.45, 7) is 3.97. The van der Waals surface area contributed by atoms with Crippen LogP contribution in [0.15, 0.2) is 33.5 Å². The van der Waals surface area contributed by atoms with E-state index in [1.807, 2.05) is 26.0 Å². The summed E-state index contributed by atoms with van der Waals surface area (Å²) < 4.78 is 1.71. The van der Waals surface area contributed by atoms with Crippen LogP contribution >= 0.6 is 31.9 Å². The molecule has 0 bridgehead atoms. The molecule has 2 rings (SSSR count). The van der Waals surface area contributed by atoms with Gasteiger partial charge in [0.1, 0.15) is 9.21 Å². The molecule has 2 heterocycles. The molecule has 0 fully saturated rings. The lowest BCUT2D eigenvalue weighted by atomic mass is 10.1. The molecule has 4 heteroatoms. The fourth-order valence-corrected chi connectivity index (χ4v) is 2.64. The van der Waals surface area contributed by atoms with Crippen molar-refractivity contribution in [2.24, 2.45) is 0 Å². The van der Waals surface area contributed by atoms with Gasteiger partial charge in [0, 0.05) is 11.4 Å². The summed E-state index contributed by atoms with van der Waals surface area (Å²) in [6, 6.07) is 8.14. The lowest BCUT2D eigenvalue weighted by Crippen LogP contribution is -1.88. The Morgan fingerprint density at radius 2 is 1.12 bits per heavy atom. The van der Waals surface area contributed by atoms with E-state index < -0.39 is 0 Å². The molecule has 0 amide bonds. The largest absolute Gasteiger partial charge is 0.246 e. The molecule has 82 valence electrons. The molecule has 2 aromatic rings. The Balaban J connectivity index is 2.57. The molecule has 0 saturated carbocycles. The van der Waals surface area contributed by atoms with Crippen LogP contribution in [0.2, 0.25) is 0 Å². The first kappa shape index (κ1) is 11.7. The van der Waals surface area contributed by atoms with E-state index in [1.165, 1.54) is 0 Å². The third-order valence-electron chi connectivity index (χ3n) is 2.18. The second kappa shape index (κ2) is 4.63. The summed E-state index contributed by atoms with van der Waals surface area (Å²) in [7, 11) is 0. The number of rotatable bonds is 1. The highest BCUT2D eigenvalue weighted by molar-refractivity contribution is 9.10. The van der Waals surface area contributed by atoms with Crippen molar-refractivity contribution < 1.29 is 0 Å². The average molecular weight is 342 g/mol. The smallest absolute Gasteiger partial charge is 0.106 e. The molecule has 16 heavy (non-hydrogen) atoms. The van der Waals surface area contributed by atoms with Crippen molar-refractivity contribution in [3.05, 3.63) is 44.9 Å². The molecule has 0 unspecified atom stereocenters. The molecular formula is C12H10Br2N2. The minimum atomic E-state index is 0.855. The quantitative estimate of drug-likeness (QED) is 0.723. The fraction of sp³-hybridized carbons (Fsp3) is 0.167. The normalized spacial score (nSPS) is 10.5. The lowest BCUT2D eigenvalue weighted by Gasteiger charge is -2.05. The highest BCUT2D eigenvalue weighted by Gasteiger charge is 2.03. The third-order valence-corrected chi connectivity index (χ3v) is 2.99. The Bertz CT molecular complexity index is 449. The number of hydrogen-bond donors (Lipinski definition) is 0. The Hall–Kier alpha value is -0.740. The molecule has 0 aliphatic rings. The van der Waals surface area contributed by atoms with E-state index in [4.69, 9.17) is 0 Å². The Kier molecular flexibility index (Phi) is 3.40. The van der Waals surface area contributed by atoms with Gasteiger partial charge in [0.15, 0.2) is 0 Å². The van der Waals surface area contributed by atoms with Gasteiger partial charge in [-0.2, -0.15) is 0 Å². The Labute approximate surface area is 111 Å². The van der Waals surface area contributed by atoms with Crippen LogP contribution in [0.5, 0.6) is 0 Å². The number of pyridine rings is 2. The molecule has 0 aliphatic heterocycles. The van der Waals surface area contributed by atoms with E-state index >= 15 is 0 Å². The molecule has 0 N–H and O–H groups in total. The monoisotopic (exact) mass is 340 g/mol. The van der Waals surface area contributed by atoms with Gasteiger partial charge in [-0.3, -0.25) is 0 Å². The summed E-state index contributed by atoms with van der Waals surface area (Å²) >= 11 is 6.82. The van der Waals surface area contributed by atoms with Crippen molar-refractivity contribution in [3.8, 4) is 11.1 Å². The standard InChI is InChI=1S/C12H10Br2N2/c1-7-3-9(5-11(13)15-7)10-4-8(2)16-12(14)6-10/h3-6H,1-2H3. The second-order valence-corrected chi connectivity index (χ2v) is 5.26. The van der Waals surface area contributed by atoms with Gasteiger partial charge in [0.05, 0.1) is 0 Å². The molecule has 0 aromatic carbocycles. The van der Waals surface area contributed by atoms with E-state index in [1.54, 1.807) is 0 Å². The maximum absolute atomic E-state index is 4.29. The Morgan fingerprint density at radius 3 is 1.44 bits per heavy atom. The average Bonchev–Trinajstić information content (AvgIpc) is 2.14. The van der Waals surface area contributed by atoms with Crippen LogP contribution in [0.25, 0.3) is 11.1 Å². The van der Waals surface area contributed by atoms with Gasteiger partial charge < -0.3 is 0 Å². The van der Waals surface area contributed by atoms with Crippen molar-refractivity contribution in [2.75, 3.05) is 0 Å². The van der Waals surface area contributed by atoms with Gasteiger partial charge in [-0.05, 0) is 81.1 Å². The topological polar surface area (TPSA) is 25.8 Å². The first-order valence-electron chi connectivity index (χ1n) is 4.83. The zero-order valence-corrected chi connectivity index (χ0v) is 12.1. The summed E-state index contributed by atoms with van der Waals surface area (Å²) in [5.41, 5.74) is 4.28. The van der Waals surface area contributed by atoms with Crippen molar-refractivity contribution in [1.82, 2.24) is 9.97 Å². The van der Waals surface area contributed by atoms with Crippen molar-refractivity contribution >= 4 is 31.9 Å². The van der Waals surface area contributed by atoms with Crippen LogP contribution in [0, 0.1) is 13.8 Å². The number of aromatic nitrogens is 2. The van der Waals surface area contributed by atoms with Gasteiger partial charge >= 0.3 is 0 Å². The molecule has 0 saturated heterocycles. The molecule has 0 spiro atoms. The van der Waals surface area contributed by atoms with Crippen LogP contribution < -0.4 is 0 Å². The van der Waals surface area contributed by atoms with E-state index in [0.717, 1.165) is 31.7 Å². The molecule has 0 atom stereocenters. The predicted octanol–water partition coefficient (Wildman–Crippen LogP) is 4.29. The third kappa shape index (κ3) is 2.68. The van der Waals surface area contributed by atoms with Gasteiger partial charge in [0.2, 0.25) is 0 Å². The number of nitrogens with zero attached hydrogens (tertiary/aromatic N) is 2.